The second-order valence-corrected chi connectivity index (χ2v) is 4.50. The fraction of sp³-hybridized carbons (Fsp3) is 0. The summed E-state index contributed by atoms with van der Waals surface area (Å²) in [6.07, 6.45) is 1.79. The van der Waals surface area contributed by atoms with Crippen molar-refractivity contribution in [3.63, 3.8) is 0 Å². The van der Waals surface area contributed by atoms with E-state index in [9.17, 15) is 13.2 Å². The number of rotatable bonds is 2. The van der Waals surface area contributed by atoms with Crippen molar-refractivity contribution in [2.45, 2.75) is 5.03 Å². The summed E-state index contributed by atoms with van der Waals surface area (Å²) in [5.74, 6) is -1.37. The molecule has 0 radical (unpaired) electrons. The first-order chi connectivity index (χ1) is 5.91. The molecule has 0 unspecified atom stereocenters. The minimum Gasteiger partial charge on any atom is -0.476 e. The Kier molecular flexibility index (Phi) is 2.48. The normalized spacial score (nSPS) is 11.2. The topological polar surface area (TPSA) is 97.2 Å². The molecule has 0 aliphatic heterocycles. The predicted molar refractivity (Wildman–Crippen MR) is 42.0 cm³/mol. The lowest BCUT2D eigenvalue weighted by molar-refractivity contribution is 0.0689. The van der Waals surface area contributed by atoms with Gasteiger partial charge in [-0.1, -0.05) is 0 Å². The van der Waals surface area contributed by atoms with Gasteiger partial charge >= 0.3 is 5.97 Å². The fourth-order valence-corrected chi connectivity index (χ4v) is 1.19. The average molecular weight is 223 g/mol. The van der Waals surface area contributed by atoms with Crippen LogP contribution >= 0.6 is 10.7 Å². The van der Waals surface area contributed by atoms with Crippen molar-refractivity contribution in [3.8, 4) is 0 Å². The van der Waals surface area contributed by atoms with E-state index < -0.39 is 25.7 Å². The van der Waals surface area contributed by atoms with E-state index in [1.165, 1.54) is 0 Å². The third-order valence-corrected chi connectivity index (χ3v) is 2.25. The van der Waals surface area contributed by atoms with E-state index >= 15 is 0 Å². The van der Waals surface area contributed by atoms with E-state index in [2.05, 4.69) is 9.97 Å². The third kappa shape index (κ3) is 2.36. The molecule has 0 saturated heterocycles. The summed E-state index contributed by atoms with van der Waals surface area (Å²) >= 11 is 0. The Labute approximate surface area is 77.6 Å². The average Bonchev–Trinajstić information content (AvgIpc) is 2.03. The van der Waals surface area contributed by atoms with Crippen LogP contribution in [-0.4, -0.2) is 29.5 Å². The maximum Gasteiger partial charge on any atom is 0.356 e. The Morgan fingerprint density at radius 2 is 2.08 bits per heavy atom. The summed E-state index contributed by atoms with van der Waals surface area (Å²) in [7, 11) is 0.888. The van der Waals surface area contributed by atoms with E-state index in [1.807, 2.05) is 0 Å². The predicted octanol–water partition coefficient (Wildman–Crippen LogP) is 0.102. The zero-order valence-electron chi connectivity index (χ0n) is 6.01. The van der Waals surface area contributed by atoms with Gasteiger partial charge in [-0.25, -0.2) is 18.2 Å². The quantitative estimate of drug-likeness (QED) is 0.713. The van der Waals surface area contributed by atoms with Crippen molar-refractivity contribution >= 4 is 25.7 Å². The second-order valence-electron chi connectivity index (χ2n) is 1.99. The van der Waals surface area contributed by atoms with Crippen molar-refractivity contribution < 1.29 is 18.3 Å². The Bertz CT molecular complexity index is 444. The Morgan fingerprint density at radius 3 is 2.54 bits per heavy atom. The van der Waals surface area contributed by atoms with Crippen LogP contribution in [-0.2, 0) is 9.05 Å². The molecule has 8 heteroatoms. The van der Waals surface area contributed by atoms with E-state index in [0.717, 1.165) is 12.4 Å². The lowest BCUT2D eigenvalue weighted by atomic mass is 10.5. The molecular formula is C5H3ClN2O4S. The van der Waals surface area contributed by atoms with E-state index in [-0.39, 0.29) is 0 Å². The summed E-state index contributed by atoms with van der Waals surface area (Å²) in [6, 6.07) is 0. The second kappa shape index (κ2) is 3.27. The standard InChI is InChI=1S/C5H3ClN2O4S/c6-13(11,12)4-2-7-1-3(8-4)5(9)10/h1-2H,(H,9,10). The number of carboxylic acids is 1. The van der Waals surface area contributed by atoms with Gasteiger partial charge in [-0.2, -0.15) is 0 Å². The molecule has 13 heavy (non-hydrogen) atoms. The van der Waals surface area contributed by atoms with Crippen LogP contribution in [0.2, 0.25) is 0 Å². The van der Waals surface area contributed by atoms with Crippen LogP contribution < -0.4 is 0 Å². The molecule has 70 valence electrons. The van der Waals surface area contributed by atoms with Crippen LogP contribution in [0.4, 0.5) is 0 Å². The number of nitrogens with zero attached hydrogens (tertiary/aromatic N) is 2. The van der Waals surface area contributed by atoms with Gasteiger partial charge in [-0.15, -0.1) is 0 Å². The van der Waals surface area contributed by atoms with Crippen LogP contribution in [0.5, 0.6) is 0 Å². The van der Waals surface area contributed by atoms with Crippen molar-refractivity contribution in [1.29, 1.82) is 0 Å². The molecule has 1 aromatic heterocycles. The minimum absolute atomic E-state index is 0.471. The van der Waals surface area contributed by atoms with Gasteiger partial charge in [0.15, 0.2) is 10.7 Å². The van der Waals surface area contributed by atoms with Crippen molar-refractivity contribution in [3.05, 3.63) is 18.1 Å². The molecule has 0 bridgehead atoms. The monoisotopic (exact) mass is 222 g/mol. The molecule has 1 N–H and O–H groups in total. The van der Waals surface area contributed by atoms with Crippen LogP contribution in [0.15, 0.2) is 17.4 Å². The van der Waals surface area contributed by atoms with Crippen LogP contribution in [0.25, 0.3) is 0 Å². The molecule has 1 aromatic rings. The first kappa shape index (κ1) is 9.87. The van der Waals surface area contributed by atoms with Gasteiger partial charge in [0.05, 0.1) is 12.4 Å². The smallest absolute Gasteiger partial charge is 0.356 e. The zero-order valence-corrected chi connectivity index (χ0v) is 7.58. The summed E-state index contributed by atoms with van der Waals surface area (Å²) in [4.78, 5) is 17.0. The lowest BCUT2D eigenvalue weighted by Crippen LogP contribution is -2.05. The van der Waals surface area contributed by atoms with Crippen LogP contribution in [0.1, 0.15) is 10.5 Å². The molecule has 1 heterocycles. The van der Waals surface area contributed by atoms with Crippen molar-refractivity contribution in [2.75, 3.05) is 0 Å². The van der Waals surface area contributed by atoms with Gasteiger partial charge in [0, 0.05) is 10.7 Å². The Balaban J connectivity index is 3.29. The number of aromatic nitrogens is 2. The largest absolute Gasteiger partial charge is 0.476 e. The van der Waals surface area contributed by atoms with Crippen LogP contribution in [0, 0.1) is 0 Å². The molecule has 1 rings (SSSR count). The molecule has 0 aromatic carbocycles. The number of hydrogen-bond acceptors (Lipinski definition) is 5. The lowest BCUT2D eigenvalue weighted by Gasteiger charge is -1.95. The number of carboxylic acid groups (broad SMARTS) is 1. The highest BCUT2D eigenvalue weighted by molar-refractivity contribution is 8.13. The van der Waals surface area contributed by atoms with E-state index in [0.29, 0.717) is 0 Å². The van der Waals surface area contributed by atoms with Crippen molar-refractivity contribution in [2.24, 2.45) is 0 Å². The highest BCUT2D eigenvalue weighted by atomic mass is 35.7. The Morgan fingerprint density at radius 1 is 1.46 bits per heavy atom. The summed E-state index contributed by atoms with van der Waals surface area (Å²) in [5, 5.41) is 7.86. The first-order valence-electron chi connectivity index (χ1n) is 2.91. The van der Waals surface area contributed by atoms with Gasteiger partial charge in [-0.05, 0) is 0 Å². The molecule has 0 fully saturated rings. The highest BCUT2D eigenvalue weighted by Crippen LogP contribution is 2.10. The summed E-state index contributed by atoms with van der Waals surface area (Å²) in [5.41, 5.74) is -0.471. The highest BCUT2D eigenvalue weighted by Gasteiger charge is 2.15. The summed E-state index contributed by atoms with van der Waals surface area (Å²) < 4.78 is 21.4. The first-order valence-corrected chi connectivity index (χ1v) is 5.22. The molecular weight excluding hydrogens is 220 g/mol. The van der Waals surface area contributed by atoms with Gasteiger partial charge in [0.25, 0.3) is 9.05 Å². The molecule has 0 amide bonds. The van der Waals surface area contributed by atoms with Gasteiger partial charge in [-0.3, -0.25) is 4.98 Å². The number of carbonyl (C=O) groups is 1. The zero-order chi connectivity index (χ0) is 10.1. The molecule has 6 nitrogen and oxygen atoms in total. The minimum atomic E-state index is -4.02. The van der Waals surface area contributed by atoms with Crippen molar-refractivity contribution in [1.82, 2.24) is 9.97 Å². The number of halogens is 1. The number of hydrogen-bond donors (Lipinski definition) is 1. The maximum absolute atomic E-state index is 10.7. The van der Waals surface area contributed by atoms with E-state index in [1.54, 1.807) is 0 Å². The maximum atomic E-state index is 10.7. The Hall–Kier alpha value is -1.21. The third-order valence-electron chi connectivity index (χ3n) is 1.08. The molecule has 0 atom stereocenters. The van der Waals surface area contributed by atoms with Crippen LogP contribution in [0.3, 0.4) is 0 Å². The summed E-state index contributed by atoms with van der Waals surface area (Å²) in [6.45, 7) is 0. The fourth-order valence-electron chi connectivity index (χ4n) is 0.569. The molecule has 0 aliphatic rings. The van der Waals surface area contributed by atoms with Gasteiger partial charge in [0.1, 0.15) is 0 Å². The SMILES string of the molecule is O=C(O)c1cncc(S(=O)(=O)Cl)n1. The molecule has 0 spiro atoms. The molecule has 0 aliphatic carbocycles. The molecule has 0 saturated carbocycles. The van der Waals surface area contributed by atoms with Gasteiger partial charge < -0.3 is 5.11 Å². The van der Waals surface area contributed by atoms with Gasteiger partial charge in [0.2, 0.25) is 0 Å². The van der Waals surface area contributed by atoms with E-state index in [4.69, 9.17) is 15.8 Å². The number of aromatic carboxylic acids is 1.